The molecule has 2 N–H and O–H groups in total. The Hall–Kier alpha value is -1.64. The van der Waals surface area contributed by atoms with E-state index < -0.39 is 15.3 Å². The summed E-state index contributed by atoms with van der Waals surface area (Å²) in [5.74, 6) is -0.0610. The SMILES string of the molecule is Cc1c(NC(=O)[C@H]2CC[C@H](NS(=O)(=O)C(C)C)CC2)ccc(N2C[C@@H](C)O[C@@H](C)C2)c1C. The van der Waals surface area contributed by atoms with Crippen molar-refractivity contribution in [3.63, 3.8) is 0 Å². The van der Waals surface area contributed by atoms with Crippen LogP contribution in [0.25, 0.3) is 0 Å². The molecule has 0 bridgehead atoms. The van der Waals surface area contributed by atoms with Crippen LogP contribution in [0.15, 0.2) is 12.1 Å². The van der Waals surface area contributed by atoms with Crippen LogP contribution >= 0.6 is 0 Å². The van der Waals surface area contributed by atoms with E-state index in [0.717, 1.165) is 24.3 Å². The van der Waals surface area contributed by atoms with Crippen LogP contribution in [0, 0.1) is 19.8 Å². The highest BCUT2D eigenvalue weighted by Gasteiger charge is 2.30. The van der Waals surface area contributed by atoms with E-state index in [1.165, 1.54) is 11.3 Å². The lowest BCUT2D eigenvalue weighted by Crippen LogP contribution is -2.45. The van der Waals surface area contributed by atoms with E-state index in [2.05, 4.69) is 48.7 Å². The van der Waals surface area contributed by atoms with Gasteiger partial charge in [-0.1, -0.05) is 0 Å². The summed E-state index contributed by atoms with van der Waals surface area (Å²) in [6.45, 7) is 13.4. The fourth-order valence-corrected chi connectivity index (χ4v) is 5.71. The Kier molecular flexibility index (Phi) is 7.89. The zero-order chi connectivity index (χ0) is 23.6. The van der Waals surface area contributed by atoms with Crippen molar-refractivity contribution in [1.82, 2.24) is 4.72 Å². The summed E-state index contributed by atoms with van der Waals surface area (Å²) in [5, 5.41) is 2.69. The molecule has 0 aromatic heterocycles. The lowest BCUT2D eigenvalue weighted by atomic mass is 9.86. The fourth-order valence-electron chi connectivity index (χ4n) is 4.74. The number of ether oxygens (including phenoxy) is 1. The second-order valence-electron chi connectivity index (χ2n) is 9.79. The van der Waals surface area contributed by atoms with E-state index in [1.807, 2.05) is 6.07 Å². The minimum atomic E-state index is -3.28. The molecule has 7 nitrogen and oxygen atoms in total. The monoisotopic (exact) mass is 465 g/mol. The lowest BCUT2D eigenvalue weighted by Gasteiger charge is -2.38. The molecule has 1 heterocycles. The van der Waals surface area contributed by atoms with Crippen LogP contribution < -0.4 is 14.9 Å². The summed E-state index contributed by atoms with van der Waals surface area (Å²) < 4.78 is 32.9. The van der Waals surface area contributed by atoms with Crippen molar-refractivity contribution in [1.29, 1.82) is 0 Å². The van der Waals surface area contributed by atoms with E-state index in [-0.39, 0.29) is 30.1 Å². The molecule has 0 radical (unpaired) electrons. The van der Waals surface area contributed by atoms with Crippen LogP contribution in [0.4, 0.5) is 11.4 Å². The van der Waals surface area contributed by atoms with E-state index in [1.54, 1.807) is 13.8 Å². The van der Waals surface area contributed by atoms with Gasteiger partial charge in [0.15, 0.2) is 0 Å². The van der Waals surface area contributed by atoms with Crippen LogP contribution in [0.1, 0.15) is 64.5 Å². The van der Waals surface area contributed by atoms with Gasteiger partial charge in [-0.15, -0.1) is 0 Å². The van der Waals surface area contributed by atoms with Crippen molar-refractivity contribution < 1.29 is 17.9 Å². The topological polar surface area (TPSA) is 87.7 Å². The largest absolute Gasteiger partial charge is 0.372 e. The molecule has 1 aromatic rings. The second kappa shape index (κ2) is 10.1. The Morgan fingerprint density at radius 3 is 2.19 bits per heavy atom. The van der Waals surface area contributed by atoms with Crippen molar-refractivity contribution in [2.24, 2.45) is 5.92 Å². The molecule has 1 saturated carbocycles. The smallest absolute Gasteiger partial charge is 0.227 e. The first-order valence-electron chi connectivity index (χ1n) is 11.8. The predicted octanol–water partition coefficient (Wildman–Crippen LogP) is 3.74. The minimum absolute atomic E-state index is 0.0269. The zero-order valence-electron chi connectivity index (χ0n) is 20.3. The fraction of sp³-hybridized carbons (Fsp3) is 0.708. The molecule has 180 valence electrons. The maximum Gasteiger partial charge on any atom is 0.227 e. The highest BCUT2D eigenvalue weighted by atomic mass is 32.2. The van der Waals surface area contributed by atoms with Crippen LogP contribution in [0.5, 0.6) is 0 Å². The summed E-state index contributed by atoms with van der Waals surface area (Å²) in [6.07, 6.45) is 3.15. The van der Waals surface area contributed by atoms with Gasteiger partial charge in [0.25, 0.3) is 0 Å². The maximum absolute atomic E-state index is 12.9. The normalized spacial score (nSPS) is 26.9. The average Bonchev–Trinajstić information content (AvgIpc) is 2.71. The standard InChI is InChI=1S/C24H39N3O4S/c1-15(2)32(29,30)26-21-9-7-20(8-10-21)24(28)25-22-11-12-23(19(6)18(22)5)27-13-16(3)31-17(4)14-27/h11-12,15-17,20-21,26H,7-10,13-14H2,1-6H3,(H,25,28)/t16-,17+,20-,21-. The Labute approximate surface area is 193 Å². The lowest BCUT2D eigenvalue weighted by molar-refractivity contribution is -0.120. The van der Waals surface area contributed by atoms with E-state index in [0.29, 0.717) is 25.7 Å². The molecule has 32 heavy (non-hydrogen) atoms. The summed E-state index contributed by atoms with van der Waals surface area (Å²) in [5.41, 5.74) is 4.31. The van der Waals surface area contributed by atoms with Gasteiger partial charge in [-0.3, -0.25) is 4.79 Å². The van der Waals surface area contributed by atoms with Crippen LogP contribution in [0.3, 0.4) is 0 Å². The van der Waals surface area contributed by atoms with Crippen molar-refractivity contribution in [2.75, 3.05) is 23.3 Å². The number of nitrogens with zero attached hydrogens (tertiary/aromatic N) is 1. The predicted molar refractivity (Wildman–Crippen MR) is 130 cm³/mol. The third kappa shape index (κ3) is 5.83. The second-order valence-corrected chi connectivity index (χ2v) is 12.1. The van der Waals surface area contributed by atoms with Crippen molar-refractivity contribution in [3.05, 3.63) is 23.3 Å². The van der Waals surface area contributed by atoms with Gasteiger partial charge in [-0.25, -0.2) is 13.1 Å². The summed E-state index contributed by atoms with van der Waals surface area (Å²) in [6, 6.07) is 4.02. The number of nitrogens with one attached hydrogen (secondary N) is 2. The summed E-state index contributed by atoms with van der Waals surface area (Å²) in [4.78, 5) is 15.3. The highest BCUT2D eigenvalue weighted by Crippen LogP contribution is 2.32. The molecule has 1 saturated heterocycles. The number of carbonyl (C=O) groups is 1. The van der Waals surface area contributed by atoms with Gasteiger partial charge in [0.1, 0.15) is 0 Å². The molecule has 0 spiro atoms. The quantitative estimate of drug-likeness (QED) is 0.668. The molecule has 0 unspecified atom stereocenters. The van der Waals surface area contributed by atoms with Crippen LogP contribution in [0.2, 0.25) is 0 Å². The summed E-state index contributed by atoms with van der Waals surface area (Å²) >= 11 is 0. The van der Waals surface area contributed by atoms with Gasteiger partial charge in [-0.2, -0.15) is 0 Å². The number of rotatable bonds is 6. The molecular formula is C24H39N3O4S. The number of benzene rings is 1. The van der Waals surface area contributed by atoms with Gasteiger partial charge in [0.05, 0.1) is 17.5 Å². The van der Waals surface area contributed by atoms with Crippen LogP contribution in [-0.4, -0.2) is 50.9 Å². The van der Waals surface area contributed by atoms with Crippen molar-refractivity contribution in [2.45, 2.75) is 90.7 Å². The number of anilines is 2. The Balaban J connectivity index is 1.61. The Morgan fingerprint density at radius 1 is 1.03 bits per heavy atom. The van der Waals surface area contributed by atoms with Gasteiger partial charge in [0, 0.05) is 36.4 Å². The van der Waals surface area contributed by atoms with E-state index in [4.69, 9.17) is 4.74 Å². The molecule has 2 aliphatic rings. The van der Waals surface area contributed by atoms with Crippen molar-refractivity contribution >= 4 is 27.3 Å². The third-order valence-electron chi connectivity index (χ3n) is 6.83. The molecule has 1 amide bonds. The Bertz CT molecular complexity index is 913. The van der Waals surface area contributed by atoms with Gasteiger partial charge in [-0.05, 0) is 90.5 Å². The first-order valence-corrected chi connectivity index (χ1v) is 13.3. The van der Waals surface area contributed by atoms with Gasteiger partial charge in [0.2, 0.25) is 15.9 Å². The summed E-state index contributed by atoms with van der Waals surface area (Å²) in [7, 11) is -3.28. The van der Waals surface area contributed by atoms with E-state index >= 15 is 0 Å². The number of amides is 1. The molecule has 1 aliphatic carbocycles. The van der Waals surface area contributed by atoms with Crippen molar-refractivity contribution in [3.8, 4) is 0 Å². The number of morpholine rings is 1. The molecule has 1 aromatic carbocycles. The van der Waals surface area contributed by atoms with Gasteiger partial charge < -0.3 is 15.0 Å². The zero-order valence-corrected chi connectivity index (χ0v) is 21.1. The third-order valence-corrected chi connectivity index (χ3v) is 8.73. The maximum atomic E-state index is 12.9. The molecule has 2 atom stereocenters. The number of hydrogen-bond donors (Lipinski definition) is 2. The molecule has 8 heteroatoms. The highest BCUT2D eigenvalue weighted by molar-refractivity contribution is 7.90. The Morgan fingerprint density at radius 2 is 1.62 bits per heavy atom. The van der Waals surface area contributed by atoms with Gasteiger partial charge >= 0.3 is 0 Å². The molecule has 2 fully saturated rings. The van der Waals surface area contributed by atoms with E-state index in [9.17, 15) is 13.2 Å². The first-order chi connectivity index (χ1) is 15.0. The molecule has 3 rings (SSSR count). The molecule has 1 aliphatic heterocycles. The molecular weight excluding hydrogens is 426 g/mol. The minimum Gasteiger partial charge on any atom is -0.372 e. The first kappa shape index (κ1) is 25.0. The number of carbonyl (C=O) groups excluding carboxylic acids is 1. The van der Waals surface area contributed by atoms with Crippen LogP contribution in [-0.2, 0) is 19.6 Å². The average molecular weight is 466 g/mol. The number of sulfonamides is 1. The number of hydrogen-bond acceptors (Lipinski definition) is 5.